The van der Waals surface area contributed by atoms with Crippen LogP contribution in [0, 0.1) is 5.92 Å². The first-order chi connectivity index (χ1) is 9.20. The SMILES string of the molecule is COCC1CCCN(C(=O)Cc2ccccc2Cl)C1. The van der Waals surface area contributed by atoms with E-state index in [-0.39, 0.29) is 5.91 Å². The molecule has 0 aromatic heterocycles. The molecule has 2 rings (SSSR count). The number of likely N-dealkylation sites (tertiary alicyclic amines) is 1. The van der Waals surface area contributed by atoms with Crippen molar-refractivity contribution in [2.24, 2.45) is 5.92 Å². The number of hydrogen-bond donors (Lipinski definition) is 0. The minimum atomic E-state index is 0.161. The van der Waals surface area contributed by atoms with E-state index in [4.69, 9.17) is 16.3 Å². The van der Waals surface area contributed by atoms with Crippen LogP contribution in [-0.2, 0) is 16.0 Å². The quantitative estimate of drug-likeness (QED) is 0.849. The van der Waals surface area contributed by atoms with Gasteiger partial charge in [0.25, 0.3) is 0 Å². The van der Waals surface area contributed by atoms with Crippen molar-refractivity contribution < 1.29 is 9.53 Å². The molecule has 1 heterocycles. The third-order valence-corrected chi connectivity index (χ3v) is 3.94. The summed E-state index contributed by atoms with van der Waals surface area (Å²) in [6.45, 7) is 2.39. The number of carbonyl (C=O) groups excluding carboxylic acids is 1. The Hall–Kier alpha value is -1.06. The number of benzene rings is 1. The average Bonchev–Trinajstić information content (AvgIpc) is 2.42. The van der Waals surface area contributed by atoms with Crippen molar-refractivity contribution in [1.82, 2.24) is 4.90 Å². The van der Waals surface area contributed by atoms with Crippen molar-refractivity contribution in [3.8, 4) is 0 Å². The molecule has 0 N–H and O–H groups in total. The number of methoxy groups -OCH3 is 1. The summed E-state index contributed by atoms with van der Waals surface area (Å²) in [4.78, 5) is 14.2. The van der Waals surface area contributed by atoms with E-state index in [1.807, 2.05) is 29.2 Å². The van der Waals surface area contributed by atoms with Gasteiger partial charge in [-0.05, 0) is 30.4 Å². The van der Waals surface area contributed by atoms with Crippen molar-refractivity contribution in [2.75, 3.05) is 26.8 Å². The van der Waals surface area contributed by atoms with E-state index in [1.54, 1.807) is 7.11 Å². The Kier molecular flexibility index (Phi) is 5.23. The lowest BCUT2D eigenvalue weighted by Gasteiger charge is -2.32. The highest BCUT2D eigenvalue weighted by Gasteiger charge is 2.23. The van der Waals surface area contributed by atoms with Crippen LogP contribution in [0.5, 0.6) is 0 Å². The summed E-state index contributed by atoms with van der Waals surface area (Å²) in [7, 11) is 1.71. The maximum absolute atomic E-state index is 12.3. The Bertz CT molecular complexity index is 434. The Morgan fingerprint density at radius 1 is 1.47 bits per heavy atom. The van der Waals surface area contributed by atoms with Crippen molar-refractivity contribution in [3.05, 3.63) is 34.9 Å². The van der Waals surface area contributed by atoms with Crippen LogP contribution in [0.25, 0.3) is 0 Å². The van der Waals surface area contributed by atoms with Gasteiger partial charge in [0.1, 0.15) is 0 Å². The first-order valence-corrected chi connectivity index (χ1v) is 7.08. The van der Waals surface area contributed by atoms with Crippen LogP contribution < -0.4 is 0 Å². The molecule has 1 unspecified atom stereocenters. The lowest BCUT2D eigenvalue weighted by atomic mass is 9.98. The number of nitrogens with zero attached hydrogens (tertiary/aromatic N) is 1. The van der Waals surface area contributed by atoms with Gasteiger partial charge in [0.15, 0.2) is 0 Å². The summed E-state index contributed by atoms with van der Waals surface area (Å²) in [5, 5.41) is 0.668. The normalized spacial score (nSPS) is 19.5. The number of rotatable bonds is 4. The first-order valence-electron chi connectivity index (χ1n) is 6.71. The molecule has 1 aromatic carbocycles. The summed E-state index contributed by atoms with van der Waals surface area (Å²) in [5.74, 6) is 0.628. The highest BCUT2D eigenvalue weighted by atomic mass is 35.5. The molecule has 19 heavy (non-hydrogen) atoms. The number of amides is 1. The van der Waals surface area contributed by atoms with Gasteiger partial charge in [0.05, 0.1) is 13.0 Å². The van der Waals surface area contributed by atoms with Gasteiger partial charge in [-0.25, -0.2) is 0 Å². The molecule has 1 fully saturated rings. The fraction of sp³-hybridized carbons (Fsp3) is 0.533. The van der Waals surface area contributed by atoms with E-state index in [1.165, 1.54) is 0 Å². The number of ether oxygens (including phenoxy) is 1. The van der Waals surface area contributed by atoms with E-state index in [9.17, 15) is 4.79 Å². The molecule has 3 nitrogen and oxygen atoms in total. The van der Waals surface area contributed by atoms with E-state index in [2.05, 4.69) is 0 Å². The first kappa shape index (κ1) is 14.4. The molecule has 0 spiro atoms. The highest BCUT2D eigenvalue weighted by molar-refractivity contribution is 6.31. The van der Waals surface area contributed by atoms with Crippen molar-refractivity contribution >= 4 is 17.5 Å². The van der Waals surface area contributed by atoms with Crippen LogP contribution in [0.2, 0.25) is 5.02 Å². The molecule has 1 aromatic rings. The summed E-state index contributed by atoms with van der Waals surface area (Å²) >= 11 is 6.09. The molecule has 4 heteroatoms. The molecule has 1 aliphatic rings. The Labute approximate surface area is 119 Å². The molecule has 1 aliphatic heterocycles. The zero-order valence-corrected chi connectivity index (χ0v) is 12.0. The van der Waals surface area contributed by atoms with Crippen molar-refractivity contribution in [2.45, 2.75) is 19.3 Å². The summed E-state index contributed by atoms with van der Waals surface area (Å²) in [5.41, 5.74) is 0.906. The van der Waals surface area contributed by atoms with Crippen LogP contribution in [-0.4, -0.2) is 37.6 Å². The molecule has 104 valence electrons. The van der Waals surface area contributed by atoms with Gasteiger partial charge in [0, 0.05) is 25.2 Å². The zero-order valence-electron chi connectivity index (χ0n) is 11.3. The fourth-order valence-corrected chi connectivity index (χ4v) is 2.78. The van der Waals surface area contributed by atoms with Crippen LogP contribution in [0.4, 0.5) is 0 Å². The second-order valence-electron chi connectivity index (χ2n) is 5.07. The molecule has 0 aliphatic carbocycles. The maximum Gasteiger partial charge on any atom is 0.227 e. The summed E-state index contributed by atoms with van der Waals surface area (Å²) < 4.78 is 5.19. The number of hydrogen-bond acceptors (Lipinski definition) is 2. The van der Waals surface area contributed by atoms with Crippen LogP contribution >= 0.6 is 11.6 Å². The van der Waals surface area contributed by atoms with Gasteiger partial charge in [0.2, 0.25) is 5.91 Å². The highest BCUT2D eigenvalue weighted by Crippen LogP contribution is 2.20. The second-order valence-corrected chi connectivity index (χ2v) is 5.48. The maximum atomic E-state index is 12.3. The summed E-state index contributed by atoms with van der Waals surface area (Å²) in [6, 6.07) is 7.54. The molecule has 0 bridgehead atoms. The van der Waals surface area contributed by atoms with E-state index >= 15 is 0 Å². The molecule has 1 atom stereocenters. The third-order valence-electron chi connectivity index (χ3n) is 3.57. The molecule has 1 amide bonds. The predicted molar refractivity (Wildman–Crippen MR) is 76.3 cm³/mol. The van der Waals surface area contributed by atoms with Gasteiger partial charge in [-0.3, -0.25) is 4.79 Å². The van der Waals surface area contributed by atoms with Gasteiger partial charge < -0.3 is 9.64 Å². The number of halogens is 1. The average molecular weight is 282 g/mol. The molecule has 0 saturated carbocycles. The van der Waals surface area contributed by atoms with Crippen LogP contribution in [0.3, 0.4) is 0 Å². The lowest BCUT2D eigenvalue weighted by molar-refractivity contribution is -0.132. The summed E-state index contributed by atoms with van der Waals surface area (Å²) in [6.07, 6.45) is 2.59. The number of carbonyl (C=O) groups is 1. The lowest BCUT2D eigenvalue weighted by Crippen LogP contribution is -2.41. The monoisotopic (exact) mass is 281 g/mol. The number of piperidine rings is 1. The van der Waals surface area contributed by atoms with Gasteiger partial charge in [-0.15, -0.1) is 0 Å². The van der Waals surface area contributed by atoms with Gasteiger partial charge >= 0.3 is 0 Å². The van der Waals surface area contributed by atoms with Crippen molar-refractivity contribution in [1.29, 1.82) is 0 Å². The van der Waals surface area contributed by atoms with Crippen LogP contribution in [0.15, 0.2) is 24.3 Å². The second kappa shape index (κ2) is 6.92. The third kappa shape index (κ3) is 3.95. The smallest absolute Gasteiger partial charge is 0.227 e. The minimum absolute atomic E-state index is 0.161. The largest absolute Gasteiger partial charge is 0.384 e. The molecule has 1 saturated heterocycles. The predicted octanol–water partition coefficient (Wildman–Crippen LogP) is 2.77. The van der Waals surface area contributed by atoms with Gasteiger partial charge in [-0.2, -0.15) is 0 Å². The minimum Gasteiger partial charge on any atom is -0.384 e. The molecular weight excluding hydrogens is 262 g/mol. The topological polar surface area (TPSA) is 29.5 Å². The zero-order chi connectivity index (χ0) is 13.7. The van der Waals surface area contributed by atoms with Crippen molar-refractivity contribution in [3.63, 3.8) is 0 Å². The molecular formula is C15H20ClNO2. The van der Waals surface area contributed by atoms with Gasteiger partial charge in [-0.1, -0.05) is 29.8 Å². The van der Waals surface area contributed by atoms with E-state index < -0.39 is 0 Å². The Balaban J connectivity index is 1.94. The Morgan fingerprint density at radius 2 is 2.26 bits per heavy atom. The Morgan fingerprint density at radius 3 is 3.00 bits per heavy atom. The van der Waals surface area contributed by atoms with Crippen LogP contribution in [0.1, 0.15) is 18.4 Å². The van der Waals surface area contributed by atoms with E-state index in [0.717, 1.165) is 38.1 Å². The van der Waals surface area contributed by atoms with E-state index in [0.29, 0.717) is 17.4 Å². The standard InChI is InChI=1S/C15H20ClNO2/c1-19-11-12-5-4-8-17(10-12)15(18)9-13-6-2-3-7-14(13)16/h2-3,6-7,12H,4-5,8-11H2,1H3. The molecule has 0 radical (unpaired) electrons. The fourth-order valence-electron chi connectivity index (χ4n) is 2.58.